The zero-order valence-electron chi connectivity index (χ0n) is 15.5. The number of benzene rings is 2. The number of amides is 2. The maximum Gasteiger partial charge on any atom is 0.318 e. The quantitative estimate of drug-likeness (QED) is 0.891. The highest BCUT2D eigenvalue weighted by atomic mass is 16.3. The van der Waals surface area contributed by atoms with Crippen LogP contribution in [0.1, 0.15) is 39.7 Å². The van der Waals surface area contributed by atoms with Crippen LogP contribution in [0, 0.1) is 5.92 Å². The monoisotopic (exact) mass is 340 g/mol. The number of carbonyl (C=O) groups excluding carboxylic acids is 1. The fraction of sp³-hybridized carbons (Fsp3) is 0.476. The fourth-order valence-electron chi connectivity index (χ4n) is 3.71. The molecular weight excluding hydrogens is 312 g/mol. The predicted octanol–water partition coefficient (Wildman–Crippen LogP) is 3.88. The summed E-state index contributed by atoms with van der Waals surface area (Å²) < 4.78 is 0. The van der Waals surface area contributed by atoms with Crippen LogP contribution in [-0.2, 0) is 5.54 Å². The van der Waals surface area contributed by atoms with E-state index in [1.807, 2.05) is 50.8 Å². The van der Waals surface area contributed by atoms with Crippen molar-refractivity contribution in [2.75, 3.05) is 13.1 Å². The van der Waals surface area contributed by atoms with Gasteiger partial charge in [0.25, 0.3) is 0 Å². The van der Waals surface area contributed by atoms with Gasteiger partial charge < -0.3 is 15.3 Å². The molecule has 1 aliphatic rings. The first-order valence-corrected chi connectivity index (χ1v) is 8.96. The Bertz CT molecular complexity index is 772. The normalized spacial score (nSPS) is 18.6. The minimum Gasteiger partial charge on any atom is -0.390 e. The van der Waals surface area contributed by atoms with E-state index in [9.17, 15) is 9.90 Å². The van der Waals surface area contributed by atoms with Crippen molar-refractivity contribution in [2.24, 2.45) is 5.92 Å². The van der Waals surface area contributed by atoms with Gasteiger partial charge in [-0.3, -0.25) is 0 Å². The topological polar surface area (TPSA) is 52.6 Å². The summed E-state index contributed by atoms with van der Waals surface area (Å²) in [7, 11) is 0. The summed E-state index contributed by atoms with van der Waals surface area (Å²) >= 11 is 0. The number of fused-ring (bicyclic) bond motifs is 1. The van der Waals surface area contributed by atoms with Crippen molar-refractivity contribution in [2.45, 2.75) is 45.3 Å². The lowest BCUT2D eigenvalue weighted by Crippen LogP contribution is -2.48. The van der Waals surface area contributed by atoms with Crippen LogP contribution in [0.15, 0.2) is 42.5 Å². The third-order valence-electron chi connectivity index (χ3n) is 5.36. The second-order valence-corrected chi connectivity index (χ2v) is 8.17. The number of likely N-dealkylation sites (tertiary alicyclic amines) is 1. The van der Waals surface area contributed by atoms with Gasteiger partial charge in [0.2, 0.25) is 0 Å². The van der Waals surface area contributed by atoms with Gasteiger partial charge in [-0.15, -0.1) is 0 Å². The molecule has 134 valence electrons. The van der Waals surface area contributed by atoms with Gasteiger partial charge in [-0.2, -0.15) is 0 Å². The molecule has 1 atom stereocenters. The maximum absolute atomic E-state index is 12.8. The van der Waals surface area contributed by atoms with Crippen molar-refractivity contribution in [3.05, 3.63) is 48.0 Å². The Kier molecular flexibility index (Phi) is 4.50. The first kappa shape index (κ1) is 17.7. The van der Waals surface area contributed by atoms with E-state index >= 15 is 0 Å². The summed E-state index contributed by atoms with van der Waals surface area (Å²) in [6, 6.07) is 14.4. The largest absolute Gasteiger partial charge is 0.390 e. The smallest absolute Gasteiger partial charge is 0.318 e. The van der Waals surface area contributed by atoms with E-state index in [1.165, 1.54) is 5.39 Å². The number of rotatable bonds is 3. The van der Waals surface area contributed by atoms with Crippen molar-refractivity contribution in [1.82, 2.24) is 10.2 Å². The molecule has 2 N–H and O–H groups in total. The number of aliphatic hydroxyl groups is 1. The van der Waals surface area contributed by atoms with Crippen LogP contribution in [0.2, 0.25) is 0 Å². The minimum absolute atomic E-state index is 0.0651. The predicted molar refractivity (Wildman–Crippen MR) is 101 cm³/mol. The molecule has 1 heterocycles. The number of hydrogen-bond donors (Lipinski definition) is 2. The SMILES string of the molecule is CC(C)(NC(=O)N1CCC(C(C)(C)O)C1)c1cccc2ccccc12. The lowest BCUT2D eigenvalue weighted by atomic mass is 9.89. The first-order valence-electron chi connectivity index (χ1n) is 8.96. The Morgan fingerprint density at radius 1 is 1.12 bits per heavy atom. The molecule has 0 aliphatic carbocycles. The van der Waals surface area contributed by atoms with Crippen molar-refractivity contribution >= 4 is 16.8 Å². The zero-order chi connectivity index (χ0) is 18.2. The number of carbonyl (C=O) groups is 1. The molecule has 3 rings (SSSR count). The highest BCUT2D eigenvalue weighted by molar-refractivity contribution is 5.87. The molecule has 2 amide bonds. The minimum atomic E-state index is -0.750. The Morgan fingerprint density at radius 3 is 2.48 bits per heavy atom. The summed E-state index contributed by atoms with van der Waals surface area (Å²) in [6.45, 7) is 9.00. The molecule has 0 saturated carbocycles. The van der Waals surface area contributed by atoms with Crippen LogP contribution < -0.4 is 5.32 Å². The molecule has 1 saturated heterocycles. The summed E-state index contributed by atoms with van der Waals surface area (Å²) in [5.41, 5.74) is -0.123. The van der Waals surface area contributed by atoms with Crippen LogP contribution in [0.3, 0.4) is 0 Å². The highest BCUT2D eigenvalue weighted by Gasteiger charge is 2.37. The van der Waals surface area contributed by atoms with Crippen LogP contribution >= 0.6 is 0 Å². The summed E-state index contributed by atoms with van der Waals surface area (Å²) in [6.07, 6.45) is 0.839. The van der Waals surface area contributed by atoms with Crippen molar-refractivity contribution < 1.29 is 9.90 Å². The van der Waals surface area contributed by atoms with Gasteiger partial charge in [0.05, 0.1) is 11.1 Å². The van der Waals surface area contributed by atoms with Crippen LogP contribution in [0.25, 0.3) is 10.8 Å². The molecule has 2 aromatic rings. The number of hydrogen-bond acceptors (Lipinski definition) is 2. The molecule has 0 spiro atoms. The fourth-order valence-corrected chi connectivity index (χ4v) is 3.71. The second kappa shape index (κ2) is 6.34. The molecule has 0 radical (unpaired) electrons. The number of nitrogens with zero attached hydrogens (tertiary/aromatic N) is 1. The van der Waals surface area contributed by atoms with Gasteiger partial charge in [-0.1, -0.05) is 42.5 Å². The van der Waals surface area contributed by atoms with Gasteiger partial charge in [-0.25, -0.2) is 4.79 Å². The van der Waals surface area contributed by atoms with Gasteiger partial charge in [0.1, 0.15) is 0 Å². The van der Waals surface area contributed by atoms with Crippen molar-refractivity contribution in [3.8, 4) is 0 Å². The van der Waals surface area contributed by atoms with Crippen LogP contribution in [0.5, 0.6) is 0 Å². The maximum atomic E-state index is 12.8. The Labute approximate surface area is 149 Å². The van der Waals surface area contributed by atoms with E-state index in [-0.39, 0.29) is 11.9 Å². The molecule has 0 bridgehead atoms. The molecule has 1 unspecified atom stereocenters. The van der Waals surface area contributed by atoms with Crippen molar-refractivity contribution in [1.29, 1.82) is 0 Å². The highest BCUT2D eigenvalue weighted by Crippen LogP contribution is 2.30. The van der Waals surface area contributed by atoms with Crippen LogP contribution in [-0.4, -0.2) is 34.7 Å². The van der Waals surface area contributed by atoms with Crippen molar-refractivity contribution in [3.63, 3.8) is 0 Å². The van der Waals surface area contributed by atoms with Crippen LogP contribution in [0.4, 0.5) is 4.79 Å². The summed E-state index contributed by atoms with van der Waals surface area (Å²) in [5, 5.41) is 15.7. The summed E-state index contributed by atoms with van der Waals surface area (Å²) in [4.78, 5) is 14.6. The molecule has 4 heteroatoms. The average molecular weight is 340 g/mol. The molecule has 0 aromatic heterocycles. The van der Waals surface area contributed by atoms with E-state index in [4.69, 9.17) is 0 Å². The molecule has 4 nitrogen and oxygen atoms in total. The second-order valence-electron chi connectivity index (χ2n) is 8.17. The van der Waals surface area contributed by atoms with Gasteiger partial charge in [-0.05, 0) is 50.5 Å². The molecular formula is C21H28N2O2. The average Bonchev–Trinajstić information content (AvgIpc) is 3.04. The Morgan fingerprint density at radius 2 is 1.80 bits per heavy atom. The van der Waals surface area contributed by atoms with E-state index in [1.54, 1.807) is 0 Å². The zero-order valence-corrected chi connectivity index (χ0v) is 15.5. The molecule has 1 fully saturated rings. The van der Waals surface area contributed by atoms with E-state index < -0.39 is 11.1 Å². The Balaban J connectivity index is 1.78. The number of urea groups is 1. The number of nitrogens with one attached hydrogen (secondary N) is 1. The van der Waals surface area contributed by atoms with E-state index in [2.05, 4.69) is 29.6 Å². The first-order chi connectivity index (χ1) is 11.7. The standard InChI is InChI=1S/C21H28N2O2/c1-20(2,18-11-7-9-15-8-5-6-10-17(15)18)22-19(24)23-13-12-16(14-23)21(3,4)25/h5-11,16,25H,12-14H2,1-4H3,(H,22,24). The van der Waals surface area contributed by atoms with Gasteiger partial charge >= 0.3 is 6.03 Å². The molecule has 1 aliphatic heterocycles. The van der Waals surface area contributed by atoms with Gasteiger partial charge in [0.15, 0.2) is 0 Å². The Hall–Kier alpha value is -2.07. The lowest BCUT2D eigenvalue weighted by Gasteiger charge is -2.31. The third-order valence-corrected chi connectivity index (χ3v) is 5.36. The molecule has 2 aromatic carbocycles. The summed E-state index contributed by atoms with van der Waals surface area (Å²) in [5.74, 6) is 0.124. The molecule has 25 heavy (non-hydrogen) atoms. The van der Waals surface area contributed by atoms with E-state index in [0.29, 0.717) is 13.1 Å². The van der Waals surface area contributed by atoms with Gasteiger partial charge in [0, 0.05) is 19.0 Å². The third kappa shape index (κ3) is 3.64. The van der Waals surface area contributed by atoms with E-state index in [0.717, 1.165) is 17.4 Å². The lowest BCUT2D eigenvalue weighted by molar-refractivity contribution is 0.0224.